The van der Waals surface area contributed by atoms with Gasteiger partial charge in [0.2, 0.25) is 5.91 Å². The molecule has 2 aliphatic rings. The molecule has 2 heterocycles. The molecular weight excluding hydrogens is 597 g/mol. The standard InChI is InChI=1S/C31H33Cl2N3O5S/c1-30(17-28(37)38)15-26(21-5-2-6-25(33)14-21)27(35-29(30)39)16-31(22-7-8-22,23-9-11-24(32)12-10-23)36(42(40)41)19-20-4-3-13-34-18-20/h2-6,9-14,18,22,26-27H,7-8,15-17,19H2,1H3,(H,35,39)(H,37,38)(H,40,41)/p-1/t26-,27+,30+,31+/m1/s1. The van der Waals surface area contributed by atoms with E-state index >= 15 is 0 Å². The number of rotatable bonds is 11. The summed E-state index contributed by atoms with van der Waals surface area (Å²) in [5, 5.41) is 13.8. The molecule has 0 radical (unpaired) electrons. The molecule has 8 nitrogen and oxygen atoms in total. The van der Waals surface area contributed by atoms with Crippen LogP contribution in [0.15, 0.2) is 73.1 Å². The Morgan fingerprint density at radius 3 is 2.50 bits per heavy atom. The third kappa shape index (κ3) is 6.40. The molecule has 1 saturated carbocycles. The van der Waals surface area contributed by atoms with Crippen LogP contribution >= 0.6 is 23.2 Å². The molecule has 42 heavy (non-hydrogen) atoms. The van der Waals surface area contributed by atoms with Crippen LogP contribution in [0, 0.1) is 11.3 Å². The summed E-state index contributed by atoms with van der Waals surface area (Å²) < 4.78 is 27.8. The molecule has 1 unspecified atom stereocenters. The number of nitrogens with zero attached hydrogens (tertiary/aromatic N) is 2. The van der Waals surface area contributed by atoms with Crippen LogP contribution in [0.5, 0.6) is 0 Å². The number of piperidine rings is 1. The number of nitrogens with one attached hydrogen (secondary N) is 1. The van der Waals surface area contributed by atoms with Crippen LogP contribution in [-0.4, -0.2) is 41.1 Å². The van der Waals surface area contributed by atoms with Gasteiger partial charge >= 0.3 is 5.97 Å². The van der Waals surface area contributed by atoms with Crippen LogP contribution in [-0.2, 0) is 32.9 Å². The van der Waals surface area contributed by atoms with Crippen molar-refractivity contribution >= 4 is 46.3 Å². The Labute approximate surface area is 257 Å². The monoisotopic (exact) mass is 628 g/mol. The van der Waals surface area contributed by atoms with Gasteiger partial charge in [0, 0.05) is 52.2 Å². The first-order valence-corrected chi connectivity index (χ1v) is 15.6. The second-order valence-corrected chi connectivity index (χ2v) is 13.3. The zero-order chi connectivity index (χ0) is 30.1. The lowest BCUT2D eigenvalue weighted by Gasteiger charge is -2.50. The van der Waals surface area contributed by atoms with E-state index in [0.717, 1.165) is 29.5 Å². The first kappa shape index (κ1) is 30.6. The summed E-state index contributed by atoms with van der Waals surface area (Å²) in [6, 6.07) is 17.6. The van der Waals surface area contributed by atoms with Gasteiger partial charge in [-0.2, -0.15) is 0 Å². The number of benzene rings is 2. The molecule has 1 aliphatic heterocycles. The number of hydrogen-bond acceptors (Lipinski definition) is 5. The van der Waals surface area contributed by atoms with Crippen LogP contribution in [0.2, 0.25) is 10.0 Å². The first-order chi connectivity index (χ1) is 20.0. The Morgan fingerprint density at radius 1 is 1.17 bits per heavy atom. The van der Waals surface area contributed by atoms with Gasteiger partial charge in [-0.25, -0.2) is 4.31 Å². The van der Waals surface area contributed by atoms with Crippen LogP contribution in [0.1, 0.15) is 61.6 Å². The number of carboxylic acids is 1. The van der Waals surface area contributed by atoms with Gasteiger partial charge in [0.15, 0.2) is 0 Å². The average molecular weight is 630 g/mol. The van der Waals surface area contributed by atoms with Gasteiger partial charge in [-0.1, -0.05) is 60.5 Å². The van der Waals surface area contributed by atoms with Gasteiger partial charge in [0.05, 0.1) is 17.4 Å². The summed E-state index contributed by atoms with van der Waals surface area (Å²) >= 11 is 10.0. The molecule has 11 heteroatoms. The number of halogens is 2. The Balaban J connectivity index is 1.64. The highest BCUT2D eigenvalue weighted by atomic mass is 35.5. The molecular formula is C31H32Cl2N3O5S-. The topological polar surface area (TPSA) is 123 Å². The van der Waals surface area contributed by atoms with Crippen LogP contribution in [0.25, 0.3) is 0 Å². The van der Waals surface area contributed by atoms with Crippen molar-refractivity contribution in [2.75, 3.05) is 0 Å². The average Bonchev–Trinajstić information content (AvgIpc) is 3.79. The summed E-state index contributed by atoms with van der Waals surface area (Å²) in [4.78, 5) is 29.6. The number of amides is 1. The highest BCUT2D eigenvalue weighted by Gasteiger charge is 2.55. The normalized spacial score (nSPS) is 24.5. The van der Waals surface area contributed by atoms with Crippen LogP contribution in [0.4, 0.5) is 0 Å². The van der Waals surface area contributed by atoms with Crippen LogP contribution in [0.3, 0.4) is 0 Å². The van der Waals surface area contributed by atoms with E-state index in [0.29, 0.717) is 10.0 Å². The SMILES string of the molecule is C[C@@]1(CC(=O)O)C[C@H](c2cccc(Cl)c2)[C@H](C[C@@](c2ccc(Cl)cc2)(C2CC2)N(Cc2cccnc2)S(=O)[O-])NC1=O. The van der Waals surface area contributed by atoms with Gasteiger partial charge in [0.1, 0.15) is 0 Å². The second kappa shape index (κ2) is 12.4. The zero-order valence-electron chi connectivity index (χ0n) is 23.0. The molecule has 5 rings (SSSR count). The Kier molecular flexibility index (Phi) is 9.06. The number of pyridine rings is 1. The number of aromatic nitrogens is 1. The molecule has 1 aromatic heterocycles. The van der Waals surface area contributed by atoms with E-state index in [1.807, 2.05) is 36.4 Å². The minimum absolute atomic E-state index is 0.0162. The van der Waals surface area contributed by atoms with Crippen molar-refractivity contribution in [2.45, 2.75) is 63.1 Å². The maximum atomic E-state index is 13.6. The first-order valence-electron chi connectivity index (χ1n) is 13.8. The molecule has 1 aliphatic carbocycles. The number of carboxylic acid groups (broad SMARTS) is 1. The lowest BCUT2D eigenvalue weighted by atomic mass is 9.66. The summed E-state index contributed by atoms with van der Waals surface area (Å²) in [6.07, 6.45) is 5.10. The summed E-state index contributed by atoms with van der Waals surface area (Å²) in [6.45, 7) is 1.75. The van der Waals surface area contributed by atoms with Crippen molar-refractivity contribution in [2.24, 2.45) is 11.3 Å². The molecule has 1 amide bonds. The van der Waals surface area contributed by atoms with Crippen molar-refractivity contribution in [1.82, 2.24) is 14.6 Å². The van der Waals surface area contributed by atoms with Gasteiger partial charge in [-0.3, -0.25) is 18.8 Å². The predicted octanol–water partition coefficient (Wildman–Crippen LogP) is 5.83. The molecule has 3 aromatic rings. The minimum Gasteiger partial charge on any atom is -0.760 e. The lowest BCUT2D eigenvalue weighted by Crippen LogP contribution is -2.59. The van der Waals surface area contributed by atoms with E-state index < -0.39 is 34.2 Å². The summed E-state index contributed by atoms with van der Waals surface area (Å²) in [5.74, 6) is -1.76. The number of aliphatic carboxylic acids is 1. The molecule has 1 saturated heterocycles. The third-order valence-corrected chi connectivity index (χ3v) is 9.94. The number of carbonyl (C=O) groups excluding carboxylic acids is 1. The molecule has 0 bridgehead atoms. The van der Waals surface area contributed by atoms with E-state index in [4.69, 9.17) is 23.2 Å². The Bertz CT molecular complexity index is 1470. The fraction of sp³-hybridized carbons (Fsp3) is 0.387. The highest BCUT2D eigenvalue weighted by molar-refractivity contribution is 7.76. The van der Waals surface area contributed by atoms with Gasteiger partial charge in [0.25, 0.3) is 0 Å². The predicted molar refractivity (Wildman–Crippen MR) is 160 cm³/mol. The van der Waals surface area contributed by atoms with E-state index in [2.05, 4.69) is 10.3 Å². The van der Waals surface area contributed by atoms with Gasteiger partial charge in [-0.15, -0.1) is 0 Å². The fourth-order valence-corrected chi connectivity index (χ4v) is 7.69. The number of carbonyl (C=O) groups is 2. The molecule has 2 fully saturated rings. The van der Waals surface area contributed by atoms with Crippen molar-refractivity contribution in [3.8, 4) is 0 Å². The van der Waals surface area contributed by atoms with Crippen molar-refractivity contribution < 1.29 is 23.5 Å². The molecule has 2 aromatic carbocycles. The largest absolute Gasteiger partial charge is 0.760 e. The maximum Gasteiger partial charge on any atom is 0.304 e. The van der Waals surface area contributed by atoms with Crippen molar-refractivity contribution in [3.63, 3.8) is 0 Å². The molecule has 5 atom stereocenters. The van der Waals surface area contributed by atoms with Crippen molar-refractivity contribution in [3.05, 3.63) is 99.8 Å². The van der Waals surface area contributed by atoms with Gasteiger partial charge < -0.3 is 15.0 Å². The minimum atomic E-state index is -2.64. The number of hydrogen-bond donors (Lipinski definition) is 2. The smallest absolute Gasteiger partial charge is 0.304 e. The quantitative estimate of drug-likeness (QED) is 0.257. The van der Waals surface area contributed by atoms with E-state index in [9.17, 15) is 23.5 Å². The van der Waals surface area contributed by atoms with Crippen LogP contribution < -0.4 is 5.32 Å². The molecule has 2 N–H and O–H groups in total. The summed E-state index contributed by atoms with van der Waals surface area (Å²) in [7, 11) is 0. The second-order valence-electron chi connectivity index (χ2n) is 11.6. The van der Waals surface area contributed by atoms with E-state index in [1.165, 1.54) is 4.31 Å². The van der Waals surface area contributed by atoms with Gasteiger partial charge in [-0.05, 0) is 78.6 Å². The fourth-order valence-electron chi connectivity index (χ4n) is 6.52. The van der Waals surface area contributed by atoms with E-state index in [-0.39, 0.29) is 43.6 Å². The maximum absolute atomic E-state index is 13.6. The van der Waals surface area contributed by atoms with Crippen molar-refractivity contribution in [1.29, 1.82) is 0 Å². The zero-order valence-corrected chi connectivity index (χ0v) is 25.4. The highest BCUT2D eigenvalue weighted by Crippen LogP contribution is 2.55. The molecule has 0 spiro atoms. The Hall–Kier alpha value is -2.82. The molecule has 222 valence electrons. The third-order valence-electron chi connectivity index (χ3n) is 8.64. The lowest BCUT2D eigenvalue weighted by molar-refractivity contribution is -0.147. The summed E-state index contributed by atoms with van der Waals surface area (Å²) in [5.41, 5.74) is 0.179. The van der Waals surface area contributed by atoms with E-state index in [1.54, 1.807) is 43.6 Å². The Morgan fingerprint density at radius 2 is 1.90 bits per heavy atom.